The van der Waals surface area contributed by atoms with Gasteiger partial charge in [0.05, 0.1) is 23.1 Å². The highest BCUT2D eigenvalue weighted by Gasteiger charge is 2.35. The predicted molar refractivity (Wildman–Crippen MR) is 131 cm³/mol. The Kier molecular flexibility index (Phi) is 6.15. The van der Waals surface area contributed by atoms with E-state index in [4.69, 9.17) is 17.3 Å². The van der Waals surface area contributed by atoms with Crippen LogP contribution in [-0.4, -0.2) is 57.6 Å². The number of nitrogens with zero attached hydrogens (tertiary/aromatic N) is 4. The zero-order valence-corrected chi connectivity index (χ0v) is 20.0. The Morgan fingerprint density at radius 3 is 2.38 bits per heavy atom. The van der Waals surface area contributed by atoms with Gasteiger partial charge in [-0.25, -0.2) is 4.68 Å². The van der Waals surface area contributed by atoms with E-state index < -0.39 is 5.91 Å². The Morgan fingerprint density at radius 1 is 1.06 bits per heavy atom. The van der Waals surface area contributed by atoms with Crippen LogP contribution in [0.3, 0.4) is 0 Å². The first-order valence-corrected chi connectivity index (χ1v) is 12.0. The number of aromatic nitrogens is 2. The maximum Gasteiger partial charge on any atom is 0.257 e. The van der Waals surface area contributed by atoms with Crippen LogP contribution in [0.2, 0.25) is 5.02 Å². The Balaban J connectivity index is 1.27. The van der Waals surface area contributed by atoms with Crippen molar-refractivity contribution in [2.24, 2.45) is 5.73 Å². The minimum Gasteiger partial charge on any atom is -0.366 e. The van der Waals surface area contributed by atoms with Gasteiger partial charge in [-0.05, 0) is 55.2 Å². The van der Waals surface area contributed by atoms with Gasteiger partial charge in [0, 0.05) is 49.2 Å². The molecule has 2 N–H and O–H groups in total. The molecule has 2 heterocycles. The summed E-state index contributed by atoms with van der Waals surface area (Å²) in [5, 5.41) is 5.29. The summed E-state index contributed by atoms with van der Waals surface area (Å²) in [6, 6.07) is 13.3. The predicted octanol–water partition coefficient (Wildman–Crippen LogP) is 3.77. The molecule has 1 aromatic heterocycles. The number of amides is 2. The van der Waals surface area contributed by atoms with Crippen LogP contribution in [0.5, 0.6) is 0 Å². The van der Waals surface area contributed by atoms with Gasteiger partial charge in [0.25, 0.3) is 5.91 Å². The first-order valence-electron chi connectivity index (χ1n) is 11.7. The van der Waals surface area contributed by atoms with Gasteiger partial charge in [-0.3, -0.25) is 14.5 Å². The zero-order chi connectivity index (χ0) is 23.8. The number of hydrogen-bond acceptors (Lipinski definition) is 4. The van der Waals surface area contributed by atoms with E-state index in [9.17, 15) is 9.59 Å². The Bertz CT molecular complexity index is 1220. The van der Waals surface area contributed by atoms with Crippen molar-refractivity contribution in [3.05, 3.63) is 81.6 Å². The third-order valence-corrected chi connectivity index (χ3v) is 7.11. The van der Waals surface area contributed by atoms with Gasteiger partial charge >= 0.3 is 0 Å². The van der Waals surface area contributed by atoms with Crippen LogP contribution in [0, 0.1) is 6.92 Å². The second-order valence-corrected chi connectivity index (χ2v) is 9.60. The summed E-state index contributed by atoms with van der Waals surface area (Å²) in [6.07, 6.45) is 3.87. The highest BCUT2D eigenvalue weighted by atomic mass is 35.5. The SMILES string of the molecule is Cc1ccc(-n2ncc(C(=O)N3CCN(Cc4ccc(C(N)=O)cc4)CC3)c2C2CC2)cc1Cl. The van der Waals surface area contributed by atoms with Gasteiger partial charge < -0.3 is 10.6 Å². The summed E-state index contributed by atoms with van der Waals surface area (Å²) in [6.45, 7) is 5.68. The van der Waals surface area contributed by atoms with E-state index >= 15 is 0 Å². The molecule has 1 saturated heterocycles. The number of carbonyl (C=O) groups is 2. The van der Waals surface area contributed by atoms with Crippen molar-refractivity contribution in [1.82, 2.24) is 19.6 Å². The molecule has 2 aromatic carbocycles. The van der Waals surface area contributed by atoms with Crippen molar-refractivity contribution >= 4 is 23.4 Å². The van der Waals surface area contributed by atoms with Crippen LogP contribution in [-0.2, 0) is 6.54 Å². The van der Waals surface area contributed by atoms with Gasteiger partial charge in [-0.1, -0.05) is 29.8 Å². The average Bonchev–Trinajstić information content (AvgIpc) is 3.59. The lowest BCUT2D eigenvalue weighted by Crippen LogP contribution is -2.48. The number of nitrogens with two attached hydrogens (primary N) is 1. The molecule has 8 heteroatoms. The van der Waals surface area contributed by atoms with Crippen LogP contribution in [0.4, 0.5) is 0 Å². The van der Waals surface area contributed by atoms with Crippen LogP contribution in [0.15, 0.2) is 48.7 Å². The molecular weight excluding hydrogens is 450 g/mol. The molecule has 2 aliphatic rings. The van der Waals surface area contributed by atoms with Gasteiger partial charge in [-0.15, -0.1) is 0 Å². The lowest BCUT2D eigenvalue weighted by Gasteiger charge is -2.34. The Hall–Kier alpha value is -3.16. The highest BCUT2D eigenvalue weighted by molar-refractivity contribution is 6.31. The second kappa shape index (κ2) is 9.24. The summed E-state index contributed by atoms with van der Waals surface area (Å²) < 4.78 is 1.89. The van der Waals surface area contributed by atoms with Gasteiger partial charge in [0.1, 0.15) is 0 Å². The third kappa shape index (κ3) is 4.58. The second-order valence-electron chi connectivity index (χ2n) is 9.19. The van der Waals surface area contributed by atoms with Crippen molar-refractivity contribution in [3.63, 3.8) is 0 Å². The highest BCUT2D eigenvalue weighted by Crippen LogP contribution is 2.43. The number of primary amides is 1. The zero-order valence-electron chi connectivity index (χ0n) is 19.2. The molecular formula is C26H28ClN5O2. The standard InChI is InChI=1S/C26H28ClN5O2/c1-17-2-9-21(14-23(17)27)32-24(19-7-8-19)22(15-29-32)26(34)31-12-10-30(11-13-31)16-18-3-5-20(6-4-18)25(28)33/h2-6,9,14-15,19H,7-8,10-13,16H2,1H3,(H2,28,33). The van der Waals surface area contributed by atoms with E-state index in [0.29, 0.717) is 35.2 Å². The largest absolute Gasteiger partial charge is 0.366 e. The number of hydrogen-bond donors (Lipinski definition) is 1. The number of piperazine rings is 1. The first-order chi connectivity index (χ1) is 16.4. The normalized spacial score (nSPS) is 16.6. The van der Waals surface area contributed by atoms with Gasteiger partial charge in [-0.2, -0.15) is 5.10 Å². The molecule has 34 heavy (non-hydrogen) atoms. The van der Waals surface area contributed by atoms with Gasteiger partial charge in [0.2, 0.25) is 5.91 Å². The smallest absolute Gasteiger partial charge is 0.257 e. The Labute approximate surface area is 204 Å². The van der Waals surface area contributed by atoms with Crippen molar-refractivity contribution in [2.75, 3.05) is 26.2 Å². The number of benzene rings is 2. The Morgan fingerprint density at radius 2 is 1.76 bits per heavy atom. The number of carbonyl (C=O) groups excluding carboxylic acids is 2. The summed E-state index contributed by atoms with van der Waals surface area (Å²) in [4.78, 5) is 29.0. The quantitative estimate of drug-likeness (QED) is 0.585. The lowest BCUT2D eigenvalue weighted by molar-refractivity contribution is 0.0627. The van der Waals surface area contributed by atoms with E-state index in [1.54, 1.807) is 18.3 Å². The minimum atomic E-state index is -0.418. The van der Waals surface area contributed by atoms with Gasteiger partial charge in [0.15, 0.2) is 0 Å². The van der Waals surface area contributed by atoms with Crippen molar-refractivity contribution in [3.8, 4) is 5.69 Å². The molecule has 0 atom stereocenters. The molecule has 0 bridgehead atoms. The van der Waals surface area contributed by atoms with Crippen LogP contribution in [0.25, 0.3) is 5.69 Å². The van der Waals surface area contributed by atoms with Crippen LogP contribution >= 0.6 is 11.6 Å². The molecule has 2 amide bonds. The minimum absolute atomic E-state index is 0.0526. The van der Waals surface area contributed by atoms with Crippen molar-refractivity contribution in [1.29, 1.82) is 0 Å². The monoisotopic (exact) mass is 477 g/mol. The molecule has 0 unspecified atom stereocenters. The first kappa shape index (κ1) is 22.6. The maximum absolute atomic E-state index is 13.5. The van der Waals surface area contributed by atoms with E-state index in [2.05, 4.69) is 10.00 Å². The average molecular weight is 478 g/mol. The molecule has 3 aromatic rings. The third-order valence-electron chi connectivity index (χ3n) is 6.71. The van der Waals surface area contributed by atoms with Crippen molar-refractivity contribution in [2.45, 2.75) is 32.2 Å². The molecule has 2 fully saturated rings. The molecule has 1 aliphatic carbocycles. The summed E-state index contributed by atoms with van der Waals surface area (Å²) >= 11 is 6.35. The van der Waals surface area contributed by atoms with E-state index in [-0.39, 0.29) is 5.91 Å². The number of halogens is 1. The summed E-state index contributed by atoms with van der Waals surface area (Å²) in [5.74, 6) is 0.000975. The summed E-state index contributed by atoms with van der Waals surface area (Å²) in [7, 11) is 0. The van der Waals surface area contributed by atoms with Crippen molar-refractivity contribution < 1.29 is 9.59 Å². The fourth-order valence-electron chi connectivity index (χ4n) is 4.50. The summed E-state index contributed by atoms with van der Waals surface area (Å²) in [5.41, 5.74) is 10.6. The van der Waals surface area contributed by atoms with E-state index in [1.807, 2.05) is 46.8 Å². The maximum atomic E-state index is 13.5. The molecule has 1 aliphatic heterocycles. The molecule has 1 saturated carbocycles. The molecule has 0 spiro atoms. The molecule has 176 valence electrons. The fraction of sp³-hybridized carbons (Fsp3) is 0.346. The fourth-order valence-corrected chi connectivity index (χ4v) is 4.68. The molecule has 0 radical (unpaired) electrons. The lowest BCUT2D eigenvalue weighted by atomic mass is 10.1. The van der Waals surface area contributed by atoms with Crippen LogP contribution in [0.1, 0.15) is 56.3 Å². The number of rotatable bonds is 6. The molecule has 7 nitrogen and oxygen atoms in total. The van der Waals surface area contributed by atoms with E-state index in [0.717, 1.165) is 55.0 Å². The van der Waals surface area contributed by atoms with Crippen LogP contribution < -0.4 is 5.73 Å². The molecule has 5 rings (SSSR count). The van der Waals surface area contributed by atoms with E-state index in [1.165, 1.54) is 0 Å². The topological polar surface area (TPSA) is 84.5 Å². The number of aryl methyl sites for hydroxylation is 1.